The Bertz CT molecular complexity index is 1220. The molecule has 9 heteroatoms. The molecule has 2 aliphatic rings. The van der Waals surface area contributed by atoms with E-state index in [1.807, 2.05) is 12.1 Å². The molecule has 0 saturated heterocycles. The Balaban J connectivity index is 1.69. The highest BCUT2D eigenvalue weighted by Crippen LogP contribution is 2.45. The fraction of sp³-hybridized carbons (Fsp3) is 0.462. The average molecular weight is 501 g/mol. The maximum absolute atomic E-state index is 14.0. The van der Waals surface area contributed by atoms with Gasteiger partial charge in [-0.25, -0.2) is 14.3 Å². The number of hydrogen-bond acceptors (Lipinski definition) is 7. The van der Waals surface area contributed by atoms with Gasteiger partial charge in [0.25, 0.3) is 10.0 Å². The second-order valence-corrected chi connectivity index (χ2v) is 11.3. The molecule has 0 radical (unpaired) electrons. The number of anilines is 1. The van der Waals surface area contributed by atoms with E-state index in [-0.39, 0.29) is 24.2 Å². The van der Waals surface area contributed by atoms with E-state index in [0.717, 1.165) is 43.4 Å². The van der Waals surface area contributed by atoms with Gasteiger partial charge in [0.15, 0.2) is 0 Å². The van der Waals surface area contributed by atoms with E-state index in [2.05, 4.69) is 13.0 Å². The lowest BCUT2D eigenvalue weighted by atomic mass is 9.93. The van der Waals surface area contributed by atoms with Crippen LogP contribution in [0.25, 0.3) is 0 Å². The summed E-state index contributed by atoms with van der Waals surface area (Å²) in [5.41, 5.74) is 10.4. The van der Waals surface area contributed by atoms with E-state index < -0.39 is 10.0 Å². The Labute approximate surface area is 208 Å². The zero-order chi connectivity index (χ0) is 25.3. The third kappa shape index (κ3) is 5.12. The van der Waals surface area contributed by atoms with Crippen molar-refractivity contribution < 1.29 is 18.3 Å². The number of aryl methyl sites for hydroxylation is 2. The average Bonchev–Trinajstić information content (AvgIpc) is 3.68. The van der Waals surface area contributed by atoms with E-state index in [4.69, 9.17) is 16.3 Å². The molecule has 1 unspecified atom stereocenters. The topological polar surface area (TPSA) is 122 Å². The normalized spacial score (nSPS) is 18.7. The smallest absolute Gasteiger partial charge is 0.264 e. The first-order valence-electron chi connectivity index (χ1n) is 12.1. The molecule has 35 heavy (non-hydrogen) atoms. The van der Waals surface area contributed by atoms with Crippen molar-refractivity contribution >= 4 is 15.7 Å². The highest BCUT2D eigenvalue weighted by Gasteiger charge is 2.43. The van der Waals surface area contributed by atoms with Crippen LogP contribution in [0.4, 0.5) is 5.69 Å². The third-order valence-corrected chi connectivity index (χ3v) is 8.81. The maximum atomic E-state index is 14.0. The summed E-state index contributed by atoms with van der Waals surface area (Å²) in [5.74, 6) is 6.59. The van der Waals surface area contributed by atoms with E-state index >= 15 is 0 Å². The van der Waals surface area contributed by atoms with Crippen LogP contribution in [0.3, 0.4) is 0 Å². The minimum Gasteiger partial charge on any atom is -0.487 e. The van der Waals surface area contributed by atoms with Crippen LogP contribution < -0.4 is 20.6 Å². The van der Waals surface area contributed by atoms with Crippen LogP contribution in [-0.4, -0.2) is 38.2 Å². The minimum absolute atomic E-state index is 0.0474. The molecule has 2 aromatic rings. The number of aliphatic hydroxyl groups excluding tert-OH is 1. The monoisotopic (exact) mass is 500 g/mol. The zero-order valence-corrected chi connectivity index (χ0v) is 21.5. The molecule has 0 bridgehead atoms. The van der Waals surface area contributed by atoms with Crippen molar-refractivity contribution in [3.63, 3.8) is 0 Å². The lowest BCUT2D eigenvalue weighted by Crippen LogP contribution is -2.45. The van der Waals surface area contributed by atoms with E-state index in [9.17, 15) is 13.5 Å². The SMILES string of the molecule is CCc1ccc2c(c1)CCC(C1CC1)N2S(=O)(=O)c1ccc(OC/C(=C(\C)N)N(C)N)c(CO)c1. The van der Waals surface area contributed by atoms with Crippen molar-refractivity contribution in [2.45, 2.75) is 63.5 Å². The number of fused-ring (bicyclic) bond motifs is 1. The van der Waals surface area contributed by atoms with Crippen molar-refractivity contribution in [1.29, 1.82) is 0 Å². The highest BCUT2D eigenvalue weighted by atomic mass is 32.2. The number of nitrogens with zero attached hydrogens (tertiary/aromatic N) is 2. The van der Waals surface area contributed by atoms with Gasteiger partial charge in [0.1, 0.15) is 12.4 Å². The zero-order valence-electron chi connectivity index (χ0n) is 20.7. The number of aliphatic hydroxyl groups is 1. The standard InChI is InChI=1S/C26H36N4O4S/c1-4-18-5-10-24-20(13-18)8-11-23(19-6-7-19)30(24)35(32,33)22-9-12-26(21(14-22)15-31)34-16-25(17(2)27)29(3)28/h5,9-10,12-14,19,23,31H,4,6-8,11,15-16,27-28H2,1-3H3/b25-17-. The summed E-state index contributed by atoms with van der Waals surface area (Å²) in [5, 5.41) is 11.4. The summed E-state index contributed by atoms with van der Waals surface area (Å²) < 4.78 is 35.5. The van der Waals surface area contributed by atoms with Crippen molar-refractivity contribution in [1.82, 2.24) is 5.01 Å². The molecule has 0 amide bonds. The Hall–Kier alpha value is -2.75. The third-order valence-electron chi connectivity index (χ3n) is 6.97. The predicted molar refractivity (Wildman–Crippen MR) is 137 cm³/mol. The van der Waals surface area contributed by atoms with Crippen LogP contribution in [0.2, 0.25) is 0 Å². The molecule has 1 saturated carbocycles. The Kier molecular flexibility index (Phi) is 7.30. The summed E-state index contributed by atoms with van der Waals surface area (Å²) in [4.78, 5) is 0.147. The fourth-order valence-corrected chi connectivity index (χ4v) is 6.65. The van der Waals surface area contributed by atoms with Crippen molar-refractivity contribution in [3.05, 3.63) is 64.5 Å². The van der Waals surface area contributed by atoms with E-state index in [1.165, 1.54) is 16.6 Å². The molecule has 190 valence electrons. The minimum atomic E-state index is -3.85. The number of likely N-dealkylation sites (N-methyl/N-ethyl adjacent to an activating group) is 1. The molecule has 1 aliphatic carbocycles. The molecule has 0 spiro atoms. The lowest BCUT2D eigenvalue weighted by molar-refractivity contribution is 0.258. The van der Waals surface area contributed by atoms with Crippen LogP contribution >= 0.6 is 0 Å². The Morgan fingerprint density at radius 1 is 1.20 bits per heavy atom. The first kappa shape index (κ1) is 25.3. The molecule has 0 aromatic heterocycles. The summed E-state index contributed by atoms with van der Waals surface area (Å²) in [6, 6.07) is 10.7. The second kappa shape index (κ2) is 10.1. The van der Waals surface area contributed by atoms with Crippen LogP contribution in [-0.2, 0) is 29.5 Å². The molecule has 1 fully saturated rings. The summed E-state index contributed by atoms with van der Waals surface area (Å²) in [7, 11) is -2.19. The van der Waals surface area contributed by atoms with Gasteiger partial charge in [-0.15, -0.1) is 0 Å². The van der Waals surface area contributed by atoms with Gasteiger partial charge in [-0.2, -0.15) is 0 Å². The number of allylic oxidation sites excluding steroid dienone is 1. The Morgan fingerprint density at radius 2 is 1.94 bits per heavy atom. The van der Waals surface area contributed by atoms with Crippen molar-refractivity contribution in [3.8, 4) is 5.75 Å². The molecule has 8 nitrogen and oxygen atoms in total. The quantitative estimate of drug-likeness (QED) is 0.357. The maximum Gasteiger partial charge on any atom is 0.264 e. The van der Waals surface area contributed by atoms with Crippen LogP contribution in [0.5, 0.6) is 5.75 Å². The molecule has 1 heterocycles. The summed E-state index contributed by atoms with van der Waals surface area (Å²) >= 11 is 0. The molecule has 4 rings (SSSR count). The van der Waals surface area contributed by atoms with Crippen LogP contribution in [0, 0.1) is 5.92 Å². The predicted octanol–water partition coefficient (Wildman–Crippen LogP) is 3.04. The summed E-state index contributed by atoms with van der Waals surface area (Å²) in [6.07, 6.45) is 4.72. The molecule has 1 atom stereocenters. The molecular formula is C26H36N4O4S. The number of ether oxygens (including phenoxy) is 1. The number of rotatable bonds is 9. The number of nitrogens with two attached hydrogens (primary N) is 2. The molecule has 5 N–H and O–H groups in total. The number of hydrazine groups is 1. The Morgan fingerprint density at radius 3 is 2.54 bits per heavy atom. The van der Waals surface area contributed by atoms with Gasteiger partial charge in [0, 0.05) is 24.4 Å². The van der Waals surface area contributed by atoms with Crippen molar-refractivity contribution in [2.75, 3.05) is 18.0 Å². The van der Waals surface area contributed by atoms with Gasteiger partial charge >= 0.3 is 0 Å². The molecule has 2 aromatic carbocycles. The van der Waals surface area contributed by atoms with E-state index in [1.54, 1.807) is 30.4 Å². The van der Waals surface area contributed by atoms with Crippen molar-refractivity contribution in [2.24, 2.45) is 17.5 Å². The van der Waals surface area contributed by atoms with Crippen LogP contribution in [0.1, 0.15) is 49.8 Å². The van der Waals surface area contributed by atoms with Gasteiger partial charge in [-0.3, -0.25) is 4.31 Å². The highest BCUT2D eigenvalue weighted by molar-refractivity contribution is 7.92. The first-order chi connectivity index (χ1) is 16.7. The molecule has 1 aliphatic heterocycles. The van der Waals surface area contributed by atoms with Crippen LogP contribution in [0.15, 0.2) is 52.7 Å². The van der Waals surface area contributed by atoms with Gasteiger partial charge in [-0.1, -0.05) is 19.1 Å². The second-order valence-electron chi connectivity index (χ2n) is 9.52. The number of hydrogen-bond donors (Lipinski definition) is 3. The number of sulfonamides is 1. The largest absolute Gasteiger partial charge is 0.487 e. The van der Waals surface area contributed by atoms with Gasteiger partial charge in [0.2, 0.25) is 0 Å². The lowest BCUT2D eigenvalue weighted by Gasteiger charge is -2.38. The fourth-order valence-electron chi connectivity index (χ4n) is 4.82. The molecular weight excluding hydrogens is 464 g/mol. The van der Waals surface area contributed by atoms with E-state index in [0.29, 0.717) is 28.6 Å². The first-order valence-corrected chi connectivity index (χ1v) is 13.6. The van der Waals surface area contributed by atoms with Gasteiger partial charge in [0.05, 0.1) is 22.9 Å². The van der Waals surface area contributed by atoms with Gasteiger partial charge in [-0.05, 0) is 80.3 Å². The summed E-state index contributed by atoms with van der Waals surface area (Å²) in [6.45, 7) is 3.56. The van der Waals surface area contributed by atoms with Gasteiger partial charge < -0.3 is 20.6 Å². The number of benzene rings is 2.